The summed E-state index contributed by atoms with van der Waals surface area (Å²) >= 11 is 0. The molecule has 144 valence electrons. The summed E-state index contributed by atoms with van der Waals surface area (Å²) in [6.45, 7) is 9.03. The number of rotatable bonds is 7. The lowest BCUT2D eigenvalue weighted by atomic mass is 9.87. The van der Waals surface area contributed by atoms with Crippen LogP contribution in [0.1, 0.15) is 58.9 Å². The second-order valence-electron chi connectivity index (χ2n) is 8.13. The van der Waals surface area contributed by atoms with E-state index in [1.54, 1.807) is 6.92 Å². The number of hydrogen-bond acceptors (Lipinski definition) is 3. The molecule has 0 heterocycles. The third kappa shape index (κ3) is 6.04. The standard InChI is InChI=1S/C21H32N2O3/c1-15(23-20(25)16-7-5-6-8-16)19(24)22-13-14-26-18-11-9-17(10-12-18)21(2,3)4/h9-12,15-16H,5-8,13-14H2,1-4H3,(H,22,24)(H,23,25). The molecule has 1 saturated carbocycles. The minimum absolute atomic E-state index is 0.000313. The lowest BCUT2D eigenvalue weighted by molar-refractivity contribution is -0.130. The molecule has 1 aromatic rings. The zero-order valence-electron chi connectivity index (χ0n) is 16.4. The Bertz CT molecular complexity index is 599. The van der Waals surface area contributed by atoms with Crippen molar-refractivity contribution >= 4 is 11.8 Å². The zero-order chi connectivity index (χ0) is 19.2. The van der Waals surface area contributed by atoms with E-state index in [4.69, 9.17) is 4.74 Å². The molecule has 1 aromatic carbocycles. The van der Waals surface area contributed by atoms with Crippen molar-refractivity contribution < 1.29 is 14.3 Å². The predicted octanol–water partition coefficient (Wildman–Crippen LogP) is 3.17. The number of amides is 2. The van der Waals surface area contributed by atoms with E-state index in [2.05, 4.69) is 43.5 Å². The third-order valence-electron chi connectivity index (χ3n) is 4.87. The molecule has 26 heavy (non-hydrogen) atoms. The molecular formula is C21H32N2O3. The second kappa shape index (κ2) is 9.06. The highest BCUT2D eigenvalue weighted by Crippen LogP contribution is 2.25. The van der Waals surface area contributed by atoms with Gasteiger partial charge in [-0.1, -0.05) is 45.7 Å². The van der Waals surface area contributed by atoms with E-state index in [1.165, 1.54) is 5.56 Å². The molecule has 0 aliphatic heterocycles. The average molecular weight is 360 g/mol. The summed E-state index contributed by atoms with van der Waals surface area (Å²) in [6.07, 6.45) is 4.07. The molecule has 1 fully saturated rings. The molecule has 0 aromatic heterocycles. The SMILES string of the molecule is CC(NC(=O)C1CCCC1)C(=O)NCCOc1ccc(C(C)(C)C)cc1. The number of carbonyl (C=O) groups excluding carboxylic acids is 2. The van der Waals surface area contributed by atoms with E-state index in [0.717, 1.165) is 31.4 Å². The molecule has 2 rings (SSSR count). The van der Waals surface area contributed by atoms with E-state index < -0.39 is 6.04 Å². The van der Waals surface area contributed by atoms with Gasteiger partial charge >= 0.3 is 0 Å². The summed E-state index contributed by atoms with van der Waals surface area (Å²) in [5.41, 5.74) is 1.37. The van der Waals surface area contributed by atoms with Crippen molar-refractivity contribution in [2.75, 3.05) is 13.2 Å². The first-order chi connectivity index (χ1) is 12.3. The van der Waals surface area contributed by atoms with Gasteiger partial charge in [-0.3, -0.25) is 9.59 Å². The van der Waals surface area contributed by atoms with Crippen molar-refractivity contribution in [1.82, 2.24) is 10.6 Å². The van der Waals surface area contributed by atoms with E-state index in [-0.39, 0.29) is 23.1 Å². The minimum Gasteiger partial charge on any atom is -0.492 e. The zero-order valence-corrected chi connectivity index (χ0v) is 16.4. The highest BCUT2D eigenvalue weighted by atomic mass is 16.5. The molecule has 1 aliphatic rings. The third-order valence-corrected chi connectivity index (χ3v) is 4.87. The Morgan fingerprint density at radius 2 is 1.77 bits per heavy atom. The van der Waals surface area contributed by atoms with Crippen molar-refractivity contribution in [2.24, 2.45) is 5.92 Å². The molecule has 5 nitrogen and oxygen atoms in total. The minimum atomic E-state index is -0.519. The van der Waals surface area contributed by atoms with Gasteiger partial charge in [-0.2, -0.15) is 0 Å². The Kier molecular flexibility index (Phi) is 7.06. The normalized spacial score (nSPS) is 16.2. The van der Waals surface area contributed by atoms with Crippen LogP contribution in [0.25, 0.3) is 0 Å². The largest absolute Gasteiger partial charge is 0.492 e. The highest BCUT2D eigenvalue weighted by molar-refractivity contribution is 5.88. The van der Waals surface area contributed by atoms with Gasteiger partial charge in [0, 0.05) is 5.92 Å². The van der Waals surface area contributed by atoms with Crippen LogP contribution in [-0.4, -0.2) is 31.0 Å². The molecule has 2 N–H and O–H groups in total. The Morgan fingerprint density at radius 3 is 2.35 bits per heavy atom. The molecule has 5 heteroatoms. The summed E-state index contributed by atoms with van der Waals surface area (Å²) in [7, 11) is 0. The molecule has 0 bridgehead atoms. The smallest absolute Gasteiger partial charge is 0.242 e. The molecule has 2 amide bonds. The van der Waals surface area contributed by atoms with E-state index >= 15 is 0 Å². The van der Waals surface area contributed by atoms with Gasteiger partial charge in [0.25, 0.3) is 0 Å². The first kappa shape index (κ1) is 20.3. The van der Waals surface area contributed by atoms with Crippen LogP contribution in [-0.2, 0) is 15.0 Å². The van der Waals surface area contributed by atoms with Crippen LogP contribution in [0.2, 0.25) is 0 Å². The van der Waals surface area contributed by atoms with Crippen molar-refractivity contribution in [3.8, 4) is 5.75 Å². The predicted molar refractivity (Wildman–Crippen MR) is 103 cm³/mol. The second-order valence-corrected chi connectivity index (χ2v) is 8.13. The maximum atomic E-state index is 12.1. The molecule has 1 atom stereocenters. The average Bonchev–Trinajstić information content (AvgIpc) is 3.12. The Balaban J connectivity index is 1.67. The quantitative estimate of drug-likeness (QED) is 0.734. The van der Waals surface area contributed by atoms with Crippen molar-refractivity contribution in [1.29, 1.82) is 0 Å². The fourth-order valence-corrected chi connectivity index (χ4v) is 3.13. The molecule has 1 unspecified atom stereocenters. The first-order valence-corrected chi connectivity index (χ1v) is 9.59. The first-order valence-electron chi connectivity index (χ1n) is 9.59. The molecule has 0 saturated heterocycles. The van der Waals surface area contributed by atoms with Crippen LogP contribution in [0.5, 0.6) is 5.75 Å². The number of ether oxygens (including phenoxy) is 1. The van der Waals surface area contributed by atoms with Gasteiger partial charge in [0.15, 0.2) is 0 Å². The van der Waals surface area contributed by atoms with Gasteiger partial charge in [0.05, 0.1) is 6.54 Å². The fourth-order valence-electron chi connectivity index (χ4n) is 3.13. The molecule has 1 aliphatic carbocycles. The Hall–Kier alpha value is -2.04. The summed E-state index contributed by atoms with van der Waals surface area (Å²) < 4.78 is 5.66. The Labute approximate surface area is 156 Å². The van der Waals surface area contributed by atoms with Crippen LogP contribution < -0.4 is 15.4 Å². The Morgan fingerprint density at radius 1 is 1.15 bits per heavy atom. The molecule has 0 radical (unpaired) electrons. The van der Waals surface area contributed by atoms with E-state index in [0.29, 0.717) is 13.2 Å². The van der Waals surface area contributed by atoms with Crippen LogP contribution >= 0.6 is 0 Å². The highest BCUT2D eigenvalue weighted by Gasteiger charge is 2.25. The summed E-state index contributed by atoms with van der Waals surface area (Å²) in [4.78, 5) is 24.1. The van der Waals surface area contributed by atoms with Gasteiger partial charge < -0.3 is 15.4 Å². The summed E-state index contributed by atoms with van der Waals surface area (Å²) in [5, 5.41) is 5.61. The van der Waals surface area contributed by atoms with Gasteiger partial charge in [-0.15, -0.1) is 0 Å². The number of hydrogen-bond donors (Lipinski definition) is 2. The van der Waals surface area contributed by atoms with Gasteiger partial charge in [0.2, 0.25) is 11.8 Å². The lowest BCUT2D eigenvalue weighted by Gasteiger charge is -2.19. The van der Waals surface area contributed by atoms with Crippen LogP contribution in [0.4, 0.5) is 0 Å². The van der Waals surface area contributed by atoms with Crippen LogP contribution in [0.3, 0.4) is 0 Å². The maximum absolute atomic E-state index is 12.1. The topological polar surface area (TPSA) is 67.4 Å². The van der Waals surface area contributed by atoms with Crippen molar-refractivity contribution in [2.45, 2.75) is 64.8 Å². The van der Waals surface area contributed by atoms with Crippen LogP contribution in [0.15, 0.2) is 24.3 Å². The number of benzene rings is 1. The van der Waals surface area contributed by atoms with Gasteiger partial charge in [-0.25, -0.2) is 0 Å². The monoisotopic (exact) mass is 360 g/mol. The maximum Gasteiger partial charge on any atom is 0.242 e. The number of nitrogens with one attached hydrogen (secondary N) is 2. The van der Waals surface area contributed by atoms with Crippen molar-refractivity contribution in [3.63, 3.8) is 0 Å². The lowest BCUT2D eigenvalue weighted by Crippen LogP contribution is -2.47. The van der Waals surface area contributed by atoms with Crippen molar-refractivity contribution in [3.05, 3.63) is 29.8 Å². The van der Waals surface area contributed by atoms with Gasteiger partial charge in [-0.05, 0) is 42.9 Å². The molecular weight excluding hydrogens is 328 g/mol. The van der Waals surface area contributed by atoms with E-state index in [9.17, 15) is 9.59 Å². The molecule has 0 spiro atoms. The fraction of sp³-hybridized carbons (Fsp3) is 0.619. The van der Waals surface area contributed by atoms with Gasteiger partial charge in [0.1, 0.15) is 18.4 Å². The van der Waals surface area contributed by atoms with E-state index in [1.807, 2.05) is 12.1 Å². The summed E-state index contributed by atoms with van der Waals surface area (Å²) in [5.74, 6) is 0.683. The van der Waals surface area contributed by atoms with Crippen LogP contribution in [0, 0.1) is 5.92 Å². The number of carbonyl (C=O) groups is 2. The summed E-state index contributed by atoms with van der Waals surface area (Å²) in [6, 6.07) is 7.51.